The van der Waals surface area contributed by atoms with Gasteiger partial charge in [0.05, 0.1) is 18.4 Å². The third-order valence-corrected chi connectivity index (χ3v) is 2.54. The summed E-state index contributed by atoms with van der Waals surface area (Å²) in [6.45, 7) is 2.42. The Kier molecular flexibility index (Phi) is 3.42. The zero-order chi connectivity index (χ0) is 13.1. The van der Waals surface area contributed by atoms with E-state index in [2.05, 4.69) is 10.3 Å². The maximum atomic E-state index is 10.9. The molecule has 0 fully saturated rings. The quantitative estimate of drug-likeness (QED) is 0.854. The van der Waals surface area contributed by atoms with E-state index in [1.807, 2.05) is 0 Å². The van der Waals surface area contributed by atoms with Gasteiger partial charge in [-0.25, -0.2) is 4.79 Å². The van der Waals surface area contributed by atoms with E-state index < -0.39 is 5.97 Å². The van der Waals surface area contributed by atoms with Crippen molar-refractivity contribution in [3.8, 4) is 0 Å². The van der Waals surface area contributed by atoms with Gasteiger partial charge in [-0.1, -0.05) is 5.16 Å². The standard InChI is InChI=1S/C11H13N3O4/c1-7-10(11(15)16)4-12-14(7)5-8-3-9(6-17-2)18-13-8/h3-4H,5-6H2,1-2H3,(H,15,16). The lowest BCUT2D eigenvalue weighted by atomic mass is 10.2. The lowest BCUT2D eigenvalue weighted by molar-refractivity contribution is 0.0696. The second-order valence-corrected chi connectivity index (χ2v) is 3.82. The lowest BCUT2D eigenvalue weighted by Crippen LogP contribution is -2.06. The second-order valence-electron chi connectivity index (χ2n) is 3.82. The molecule has 0 spiro atoms. The first-order valence-corrected chi connectivity index (χ1v) is 5.31. The van der Waals surface area contributed by atoms with Crippen LogP contribution in [-0.2, 0) is 17.9 Å². The number of hydrogen-bond donors (Lipinski definition) is 1. The minimum atomic E-state index is -0.987. The maximum absolute atomic E-state index is 10.9. The summed E-state index contributed by atoms with van der Waals surface area (Å²) < 4.78 is 11.5. The van der Waals surface area contributed by atoms with Gasteiger partial charge in [0.25, 0.3) is 0 Å². The van der Waals surface area contributed by atoms with Crippen molar-refractivity contribution in [1.29, 1.82) is 0 Å². The third-order valence-electron chi connectivity index (χ3n) is 2.54. The summed E-state index contributed by atoms with van der Waals surface area (Å²) in [6, 6.07) is 1.76. The van der Waals surface area contributed by atoms with Crippen molar-refractivity contribution in [2.75, 3.05) is 7.11 Å². The van der Waals surface area contributed by atoms with E-state index in [1.54, 1.807) is 24.8 Å². The van der Waals surface area contributed by atoms with Gasteiger partial charge in [-0.05, 0) is 6.92 Å². The number of aromatic carboxylic acids is 1. The van der Waals surface area contributed by atoms with E-state index in [-0.39, 0.29) is 5.56 Å². The Morgan fingerprint density at radius 1 is 1.61 bits per heavy atom. The lowest BCUT2D eigenvalue weighted by Gasteiger charge is -2.00. The first-order chi connectivity index (χ1) is 8.61. The second kappa shape index (κ2) is 5.01. The molecule has 0 aliphatic carbocycles. The van der Waals surface area contributed by atoms with Crippen LogP contribution in [0.15, 0.2) is 16.8 Å². The molecular formula is C11H13N3O4. The van der Waals surface area contributed by atoms with Crippen LogP contribution in [0.5, 0.6) is 0 Å². The highest BCUT2D eigenvalue weighted by atomic mass is 16.5. The van der Waals surface area contributed by atoms with E-state index in [0.29, 0.717) is 30.3 Å². The Hall–Kier alpha value is -2.15. The number of carboxylic acid groups (broad SMARTS) is 1. The van der Waals surface area contributed by atoms with Crippen LogP contribution >= 0.6 is 0 Å². The van der Waals surface area contributed by atoms with Crippen molar-refractivity contribution in [3.05, 3.63) is 35.0 Å². The summed E-state index contributed by atoms with van der Waals surface area (Å²) in [5.74, 6) is -0.366. The van der Waals surface area contributed by atoms with Gasteiger partial charge < -0.3 is 14.4 Å². The van der Waals surface area contributed by atoms with Crippen LogP contribution in [0.1, 0.15) is 27.5 Å². The topological polar surface area (TPSA) is 90.4 Å². The smallest absolute Gasteiger partial charge is 0.339 e. The Bertz CT molecular complexity index is 558. The van der Waals surface area contributed by atoms with Crippen molar-refractivity contribution in [2.24, 2.45) is 0 Å². The van der Waals surface area contributed by atoms with Crippen molar-refractivity contribution < 1.29 is 19.2 Å². The molecule has 0 radical (unpaired) electrons. The van der Waals surface area contributed by atoms with E-state index in [1.165, 1.54) is 6.20 Å². The van der Waals surface area contributed by atoms with Gasteiger partial charge in [0.15, 0.2) is 5.76 Å². The first-order valence-electron chi connectivity index (χ1n) is 5.31. The minimum absolute atomic E-state index is 0.190. The summed E-state index contributed by atoms with van der Waals surface area (Å²) in [6.07, 6.45) is 1.33. The van der Waals surface area contributed by atoms with Crippen molar-refractivity contribution in [2.45, 2.75) is 20.1 Å². The summed E-state index contributed by atoms with van der Waals surface area (Å²) in [5, 5.41) is 16.8. The SMILES string of the molecule is COCc1cc(Cn2ncc(C(=O)O)c2C)no1. The van der Waals surface area contributed by atoms with E-state index in [9.17, 15) is 4.79 Å². The predicted octanol–water partition coefficient (Wildman–Crippen LogP) is 1.07. The fraction of sp³-hybridized carbons (Fsp3) is 0.364. The van der Waals surface area contributed by atoms with Crippen molar-refractivity contribution in [1.82, 2.24) is 14.9 Å². The molecule has 96 valence electrons. The van der Waals surface area contributed by atoms with Gasteiger partial charge in [0.2, 0.25) is 0 Å². The van der Waals surface area contributed by atoms with Crippen LogP contribution in [0.25, 0.3) is 0 Å². The number of carbonyl (C=O) groups is 1. The van der Waals surface area contributed by atoms with Crippen LogP contribution in [-0.4, -0.2) is 33.1 Å². The molecule has 0 unspecified atom stereocenters. The molecule has 1 N–H and O–H groups in total. The molecule has 2 aromatic heterocycles. The van der Waals surface area contributed by atoms with Crippen molar-refractivity contribution in [3.63, 3.8) is 0 Å². The largest absolute Gasteiger partial charge is 0.478 e. The number of methoxy groups -OCH3 is 1. The van der Waals surface area contributed by atoms with Gasteiger partial charge in [-0.3, -0.25) is 4.68 Å². The highest BCUT2D eigenvalue weighted by Crippen LogP contribution is 2.11. The monoisotopic (exact) mass is 251 g/mol. The summed E-state index contributed by atoms with van der Waals surface area (Å²) in [5.41, 5.74) is 1.44. The van der Waals surface area contributed by atoms with Gasteiger partial charge in [-0.15, -0.1) is 0 Å². The maximum Gasteiger partial charge on any atom is 0.339 e. The average molecular weight is 251 g/mol. The highest BCUT2D eigenvalue weighted by molar-refractivity contribution is 5.88. The van der Waals surface area contributed by atoms with Gasteiger partial charge >= 0.3 is 5.97 Å². The summed E-state index contributed by atoms with van der Waals surface area (Å²) in [4.78, 5) is 10.9. The molecule has 0 saturated carbocycles. The van der Waals surface area contributed by atoms with Crippen LogP contribution in [0.2, 0.25) is 0 Å². The van der Waals surface area contributed by atoms with E-state index in [4.69, 9.17) is 14.4 Å². The van der Waals surface area contributed by atoms with Crippen LogP contribution in [0, 0.1) is 6.92 Å². The number of ether oxygens (including phenoxy) is 1. The fourth-order valence-electron chi connectivity index (χ4n) is 1.61. The molecule has 2 heterocycles. The highest BCUT2D eigenvalue weighted by Gasteiger charge is 2.14. The molecule has 0 aliphatic rings. The van der Waals surface area contributed by atoms with Gasteiger partial charge in [0.1, 0.15) is 17.9 Å². The van der Waals surface area contributed by atoms with Gasteiger partial charge in [-0.2, -0.15) is 5.10 Å². The first kappa shape index (κ1) is 12.3. The zero-order valence-corrected chi connectivity index (χ0v) is 10.1. The van der Waals surface area contributed by atoms with Gasteiger partial charge in [0, 0.05) is 13.2 Å². The van der Waals surface area contributed by atoms with E-state index in [0.717, 1.165) is 0 Å². The Balaban J connectivity index is 2.15. The zero-order valence-electron chi connectivity index (χ0n) is 10.1. The molecule has 7 nitrogen and oxygen atoms in total. The Labute approximate surface area is 103 Å². The minimum Gasteiger partial charge on any atom is -0.478 e. The number of carboxylic acids is 1. The molecule has 0 aromatic carbocycles. The van der Waals surface area contributed by atoms with Crippen molar-refractivity contribution >= 4 is 5.97 Å². The molecule has 0 amide bonds. The molecule has 2 aromatic rings. The predicted molar refractivity (Wildman–Crippen MR) is 60.2 cm³/mol. The number of nitrogens with zero attached hydrogens (tertiary/aromatic N) is 3. The third kappa shape index (κ3) is 2.40. The normalized spacial score (nSPS) is 10.8. The molecule has 0 atom stereocenters. The molecular weight excluding hydrogens is 238 g/mol. The molecule has 7 heteroatoms. The summed E-state index contributed by atoms with van der Waals surface area (Å²) >= 11 is 0. The Morgan fingerprint density at radius 2 is 2.39 bits per heavy atom. The number of rotatable bonds is 5. The van der Waals surface area contributed by atoms with E-state index >= 15 is 0 Å². The molecule has 0 bridgehead atoms. The fourth-order valence-corrected chi connectivity index (χ4v) is 1.61. The average Bonchev–Trinajstić information content (AvgIpc) is 2.89. The number of hydrogen-bond acceptors (Lipinski definition) is 5. The molecule has 18 heavy (non-hydrogen) atoms. The van der Waals surface area contributed by atoms with Crippen LogP contribution in [0.3, 0.4) is 0 Å². The molecule has 0 aliphatic heterocycles. The number of aromatic nitrogens is 3. The molecule has 2 rings (SSSR count). The Morgan fingerprint density at radius 3 is 3.00 bits per heavy atom. The summed E-state index contributed by atoms with van der Waals surface area (Å²) in [7, 11) is 1.57. The van der Waals surface area contributed by atoms with Crippen LogP contribution in [0.4, 0.5) is 0 Å². The van der Waals surface area contributed by atoms with Crippen LogP contribution < -0.4 is 0 Å². The molecule has 0 saturated heterocycles.